The fraction of sp³-hybridized carbons (Fsp3) is 0.625. The van der Waals surface area contributed by atoms with Gasteiger partial charge in [0.15, 0.2) is 5.54 Å². The van der Waals surface area contributed by atoms with Crippen LogP contribution in [-0.2, 0) is 20.9 Å². The van der Waals surface area contributed by atoms with Crippen LogP contribution in [0.2, 0.25) is 0 Å². The maximum atomic E-state index is 13.6. The number of amides is 1. The number of carbonyl (C=O) groups excluding carboxylic acids is 2. The van der Waals surface area contributed by atoms with Gasteiger partial charge in [-0.25, -0.2) is 0 Å². The lowest BCUT2D eigenvalue weighted by Gasteiger charge is -2.51. The molecule has 4 bridgehead atoms. The van der Waals surface area contributed by atoms with Gasteiger partial charge in [0.05, 0.1) is 7.11 Å². The second kappa shape index (κ2) is 8.50. The first-order valence-corrected chi connectivity index (χ1v) is 11.1. The molecule has 3 heterocycles. The third kappa shape index (κ3) is 3.66. The number of nitrogens with zero attached hydrogens (tertiary/aromatic N) is 2. The molecule has 0 unspecified atom stereocenters. The first-order chi connectivity index (χ1) is 14.5. The zero-order valence-corrected chi connectivity index (χ0v) is 18.2. The number of nitrogens with one attached hydrogen (secondary N) is 1. The predicted octanol–water partition coefficient (Wildman–Crippen LogP) is 2.67. The molecule has 1 saturated carbocycles. The van der Waals surface area contributed by atoms with Gasteiger partial charge in [0.2, 0.25) is 5.91 Å². The highest BCUT2D eigenvalue weighted by Gasteiger charge is 2.67. The molecule has 5 rings (SSSR count). The van der Waals surface area contributed by atoms with Gasteiger partial charge in [-0.2, -0.15) is 0 Å². The number of ether oxygens (including phenoxy) is 1. The van der Waals surface area contributed by atoms with Crippen LogP contribution in [0.15, 0.2) is 35.3 Å². The molecule has 30 heavy (non-hydrogen) atoms. The van der Waals surface area contributed by atoms with Gasteiger partial charge in [0, 0.05) is 44.2 Å². The van der Waals surface area contributed by atoms with Crippen LogP contribution in [0.3, 0.4) is 0 Å². The Morgan fingerprint density at radius 3 is 2.77 bits per heavy atom. The SMILES string of the molecule is COC(=O)CC[C@@H]1[C@@H]2C=N[C@@]3(C(=O)NCc4ccccc4)[C@@H](C2)CN(CC(C)C)[C@@H]13. The number of esters is 1. The molecule has 6 nitrogen and oxygen atoms in total. The van der Waals surface area contributed by atoms with Crippen molar-refractivity contribution in [3.8, 4) is 0 Å². The molecule has 0 aromatic heterocycles. The van der Waals surface area contributed by atoms with Crippen molar-refractivity contribution >= 4 is 18.1 Å². The van der Waals surface area contributed by atoms with E-state index in [9.17, 15) is 9.59 Å². The number of methoxy groups -OCH3 is 1. The molecule has 4 aliphatic rings. The zero-order chi connectivity index (χ0) is 21.3. The quantitative estimate of drug-likeness (QED) is 0.668. The Morgan fingerprint density at radius 2 is 2.07 bits per heavy atom. The monoisotopic (exact) mass is 411 g/mol. The fourth-order valence-corrected chi connectivity index (χ4v) is 5.93. The summed E-state index contributed by atoms with van der Waals surface area (Å²) in [7, 11) is 1.44. The van der Waals surface area contributed by atoms with Crippen molar-refractivity contribution in [1.82, 2.24) is 10.2 Å². The molecular formula is C24H33N3O3. The highest BCUT2D eigenvalue weighted by Crippen LogP contribution is 2.55. The lowest BCUT2D eigenvalue weighted by Crippen LogP contribution is -2.65. The van der Waals surface area contributed by atoms with Crippen LogP contribution in [0.1, 0.15) is 38.7 Å². The molecule has 6 heteroatoms. The summed E-state index contributed by atoms with van der Waals surface area (Å²) in [5, 5.41) is 3.19. The van der Waals surface area contributed by atoms with E-state index in [0.29, 0.717) is 24.8 Å². The Hall–Kier alpha value is -2.21. The molecule has 2 fully saturated rings. The first-order valence-electron chi connectivity index (χ1n) is 11.1. The molecule has 162 valence electrons. The average Bonchev–Trinajstić information content (AvgIpc) is 3.00. The standard InChI is InChI=1S/C24H33N3O3/c1-16(2)14-27-15-19-11-18-13-26-24(19,22(27)20(18)9-10-21(28)30-3)23(29)25-12-17-7-5-4-6-8-17/h4-8,13,16,18-20,22H,9-12,14-15H2,1-3H3,(H,25,29)/t18-,19-,20+,22-,24-/m0/s1. The molecule has 1 aromatic rings. The highest BCUT2D eigenvalue weighted by atomic mass is 16.5. The molecule has 1 saturated heterocycles. The van der Waals surface area contributed by atoms with Gasteiger partial charge in [-0.1, -0.05) is 44.2 Å². The van der Waals surface area contributed by atoms with E-state index in [1.807, 2.05) is 36.5 Å². The van der Waals surface area contributed by atoms with E-state index >= 15 is 0 Å². The Morgan fingerprint density at radius 1 is 1.30 bits per heavy atom. The minimum atomic E-state index is -0.737. The van der Waals surface area contributed by atoms with E-state index in [1.54, 1.807) is 0 Å². The van der Waals surface area contributed by atoms with Crippen LogP contribution in [-0.4, -0.2) is 54.8 Å². The number of likely N-dealkylation sites (tertiary alicyclic amines) is 1. The topological polar surface area (TPSA) is 71.0 Å². The number of carbonyl (C=O) groups is 2. The van der Waals surface area contributed by atoms with Gasteiger partial charge in [-0.3, -0.25) is 19.5 Å². The molecule has 0 spiro atoms. The van der Waals surface area contributed by atoms with Crippen molar-refractivity contribution < 1.29 is 14.3 Å². The number of rotatable bonds is 8. The van der Waals surface area contributed by atoms with E-state index in [0.717, 1.165) is 31.5 Å². The van der Waals surface area contributed by atoms with Crippen molar-refractivity contribution in [2.75, 3.05) is 20.2 Å². The third-order valence-electron chi connectivity index (χ3n) is 7.08. The summed E-state index contributed by atoms with van der Waals surface area (Å²) in [5.41, 5.74) is 0.350. The second-order valence-corrected chi connectivity index (χ2v) is 9.44. The molecule has 1 aliphatic carbocycles. The first kappa shape index (κ1) is 21.0. The van der Waals surface area contributed by atoms with Gasteiger partial charge in [-0.15, -0.1) is 0 Å². The van der Waals surface area contributed by atoms with E-state index in [1.165, 1.54) is 7.11 Å². The van der Waals surface area contributed by atoms with E-state index < -0.39 is 5.54 Å². The molecule has 1 N–H and O–H groups in total. The minimum Gasteiger partial charge on any atom is -0.469 e. The van der Waals surface area contributed by atoms with Gasteiger partial charge >= 0.3 is 5.97 Å². The number of aliphatic imine (C=N–C) groups is 1. The molecule has 0 radical (unpaired) electrons. The smallest absolute Gasteiger partial charge is 0.305 e. The Bertz CT molecular complexity index is 809. The predicted molar refractivity (Wildman–Crippen MR) is 116 cm³/mol. The van der Waals surface area contributed by atoms with Crippen molar-refractivity contribution in [1.29, 1.82) is 0 Å². The number of benzene rings is 1. The minimum absolute atomic E-state index is 0.0325. The van der Waals surface area contributed by atoms with Gasteiger partial charge in [0.1, 0.15) is 0 Å². The van der Waals surface area contributed by atoms with E-state index in [-0.39, 0.29) is 29.8 Å². The van der Waals surface area contributed by atoms with Crippen LogP contribution in [0.4, 0.5) is 0 Å². The van der Waals surface area contributed by atoms with Crippen LogP contribution < -0.4 is 5.32 Å². The maximum absolute atomic E-state index is 13.6. The summed E-state index contributed by atoms with van der Waals surface area (Å²) in [5.74, 6) is 1.19. The number of hydrogen-bond acceptors (Lipinski definition) is 5. The molecule has 1 aromatic carbocycles. The summed E-state index contributed by atoms with van der Waals surface area (Å²) in [6.07, 6.45) is 4.11. The van der Waals surface area contributed by atoms with Crippen molar-refractivity contribution in [2.24, 2.45) is 28.7 Å². The second-order valence-electron chi connectivity index (χ2n) is 9.44. The largest absolute Gasteiger partial charge is 0.469 e. The summed E-state index contributed by atoms with van der Waals surface area (Å²) in [6.45, 7) is 6.80. The van der Waals surface area contributed by atoms with Crippen molar-refractivity contribution in [3.05, 3.63) is 35.9 Å². The van der Waals surface area contributed by atoms with E-state index in [4.69, 9.17) is 9.73 Å². The Balaban J connectivity index is 1.59. The molecular weight excluding hydrogens is 378 g/mol. The lowest BCUT2D eigenvalue weighted by atomic mass is 9.60. The van der Waals surface area contributed by atoms with Gasteiger partial charge in [-0.05, 0) is 36.2 Å². The normalized spacial score (nSPS) is 31.9. The maximum Gasteiger partial charge on any atom is 0.305 e. The van der Waals surface area contributed by atoms with Crippen LogP contribution in [0.5, 0.6) is 0 Å². The molecule has 1 amide bonds. The van der Waals surface area contributed by atoms with Gasteiger partial charge < -0.3 is 10.1 Å². The molecule has 5 atom stereocenters. The summed E-state index contributed by atoms with van der Waals surface area (Å²) in [6, 6.07) is 10.1. The number of hydrogen-bond donors (Lipinski definition) is 1. The van der Waals surface area contributed by atoms with Crippen LogP contribution in [0.25, 0.3) is 0 Å². The summed E-state index contributed by atoms with van der Waals surface area (Å²) in [4.78, 5) is 32.9. The average molecular weight is 412 g/mol. The fourth-order valence-electron chi connectivity index (χ4n) is 5.93. The zero-order valence-electron chi connectivity index (χ0n) is 18.2. The van der Waals surface area contributed by atoms with Crippen molar-refractivity contribution in [3.63, 3.8) is 0 Å². The Kier molecular flexibility index (Phi) is 5.96. The molecule has 3 aliphatic heterocycles. The highest BCUT2D eigenvalue weighted by molar-refractivity contribution is 5.92. The third-order valence-corrected chi connectivity index (χ3v) is 7.08. The summed E-state index contributed by atoms with van der Waals surface area (Å²) < 4.78 is 4.89. The lowest BCUT2D eigenvalue weighted by molar-refractivity contribution is -0.141. The van der Waals surface area contributed by atoms with Crippen LogP contribution in [0, 0.1) is 23.7 Å². The van der Waals surface area contributed by atoms with Crippen LogP contribution >= 0.6 is 0 Å². The Labute approximate surface area is 179 Å². The summed E-state index contributed by atoms with van der Waals surface area (Å²) >= 11 is 0. The van der Waals surface area contributed by atoms with E-state index in [2.05, 4.69) is 24.1 Å². The van der Waals surface area contributed by atoms with Crippen molar-refractivity contribution in [2.45, 2.75) is 51.2 Å². The van der Waals surface area contributed by atoms with Gasteiger partial charge in [0.25, 0.3) is 0 Å².